The molecule has 23 heteroatoms. The lowest BCUT2D eigenvalue weighted by Gasteiger charge is -2.41. The Morgan fingerprint density at radius 2 is 0.837 bits per heavy atom. The second-order valence-corrected chi connectivity index (χ2v) is 26.6. The van der Waals surface area contributed by atoms with Gasteiger partial charge in [0.25, 0.3) is 0 Å². The van der Waals surface area contributed by atoms with Crippen molar-refractivity contribution in [3.8, 4) is 0 Å². The molecule has 11 amide bonds. The van der Waals surface area contributed by atoms with Crippen LogP contribution in [0.2, 0.25) is 0 Å². The maximum Gasteiger partial charge on any atom is 0.246 e. The van der Waals surface area contributed by atoms with Crippen molar-refractivity contribution in [1.82, 2.24) is 55.6 Å². The molecule has 1 fully saturated rings. The average molecular weight is 1220 g/mol. The second kappa shape index (κ2) is 35.6. The van der Waals surface area contributed by atoms with Crippen molar-refractivity contribution in [2.45, 2.75) is 229 Å². The Hall–Kier alpha value is -6.13. The molecule has 0 saturated carbocycles. The molecule has 0 aromatic heterocycles. The van der Waals surface area contributed by atoms with Crippen LogP contribution in [0.1, 0.15) is 163 Å². The van der Waals surface area contributed by atoms with Crippen molar-refractivity contribution >= 4 is 65.0 Å². The van der Waals surface area contributed by atoms with Crippen LogP contribution in [0.4, 0.5) is 0 Å². The third-order valence-corrected chi connectivity index (χ3v) is 16.2. The molecule has 1 rings (SSSR count). The van der Waals surface area contributed by atoms with Gasteiger partial charge in [-0.05, 0) is 107 Å². The first-order valence-corrected chi connectivity index (χ1v) is 31.0. The zero-order valence-corrected chi connectivity index (χ0v) is 56.8. The molecular formula is C63H113N11O12. The average Bonchev–Trinajstić information content (AvgIpc) is 1.74. The fourth-order valence-electron chi connectivity index (χ4n) is 10.9. The lowest BCUT2D eigenvalue weighted by Crippen LogP contribution is -2.63. The minimum absolute atomic E-state index is 0.0235. The highest BCUT2D eigenvalue weighted by Gasteiger charge is 2.45. The molecule has 5 N–H and O–H groups in total. The lowest BCUT2D eigenvalue weighted by atomic mass is 9.91. The highest BCUT2D eigenvalue weighted by atomic mass is 16.3. The van der Waals surface area contributed by atoms with Gasteiger partial charge in [-0.2, -0.15) is 0 Å². The Kier molecular flexibility index (Phi) is 32.3. The van der Waals surface area contributed by atoms with Gasteiger partial charge in [0.15, 0.2) is 0 Å². The summed E-state index contributed by atoms with van der Waals surface area (Å²) in [5.74, 6) is -9.28. The quantitative estimate of drug-likeness (QED) is 0.139. The van der Waals surface area contributed by atoms with E-state index in [1.165, 1.54) is 87.7 Å². The van der Waals surface area contributed by atoms with Gasteiger partial charge >= 0.3 is 0 Å². The molecule has 0 spiro atoms. The number of nitrogens with one attached hydrogen (secondary N) is 4. The summed E-state index contributed by atoms with van der Waals surface area (Å²) < 4.78 is 0. The van der Waals surface area contributed by atoms with Crippen molar-refractivity contribution in [2.75, 3.05) is 55.9 Å². The number of carbonyl (C=O) groups excluding carboxylic acids is 11. The number of rotatable bonds is 16. The molecule has 2 unspecified atom stereocenters. The number of allylic oxidation sites excluding steroid dienone is 2. The first-order chi connectivity index (χ1) is 39.7. The number of carbonyl (C=O) groups is 11. The van der Waals surface area contributed by atoms with E-state index in [9.17, 15) is 48.3 Å². The van der Waals surface area contributed by atoms with E-state index in [4.69, 9.17) is 0 Å². The maximum atomic E-state index is 15.1. The molecule has 492 valence electrons. The molecular weight excluding hydrogens is 1100 g/mol. The number of aliphatic hydroxyl groups excluding tert-OH is 1. The van der Waals surface area contributed by atoms with Gasteiger partial charge in [-0.1, -0.05) is 109 Å². The van der Waals surface area contributed by atoms with Crippen LogP contribution >= 0.6 is 0 Å². The zero-order valence-electron chi connectivity index (χ0n) is 56.8. The molecule has 1 saturated heterocycles. The van der Waals surface area contributed by atoms with Gasteiger partial charge in [0.05, 0.1) is 12.6 Å². The molecule has 0 aromatic rings. The first kappa shape index (κ1) is 77.9. The first-order valence-electron chi connectivity index (χ1n) is 31.0. The minimum atomic E-state index is -1.61. The molecule has 12 atom stereocenters. The molecule has 1 aliphatic heterocycles. The van der Waals surface area contributed by atoms with Crippen LogP contribution < -0.4 is 21.3 Å². The summed E-state index contributed by atoms with van der Waals surface area (Å²) >= 11 is 0. The van der Waals surface area contributed by atoms with E-state index in [0.29, 0.717) is 6.42 Å². The molecule has 1 heterocycles. The van der Waals surface area contributed by atoms with E-state index in [-0.39, 0.29) is 68.1 Å². The third-order valence-electron chi connectivity index (χ3n) is 16.2. The van der Waals surface area contributed by atoms with E-state index in [0.717, 1.165) is 9.80 Å². The van der Waals surface area contributed by atoms with E-state index >= 15 is 9.59 Å². The summed E-state index contributed by atoms with van der Waals surface area (Å²) in [6, 6.07) is -12.3. The van der Waals surface area contributed by atoms with Crippen LogP contribution in [0.5, 0.6) is 0 Å². The smallest absolute Gasteiger partial charge is 0.246 e. The van der Waals surface area contributed by atoms with E-state index in [1.54, 1.807) is 40.7 Å². The summed E-state index contributed by atoms with van der Waals surface area (Å²) in [6.07, 6.45) is 3.21. The Bertz CT molecular complexity index is 2340. The number of nitrogens with zero attached hydrogens (tertiary/aromatic N) is 7. The normalized spacial score (nSPS) is 26.7. The summed E-state index contributed by atoms with van der Waals surface area (Å²) in [5, 5.41) is 23.1. The standard InChI is InChI=1S/C63H113N11O12/c1-25-27-28-41(15)53(76)52-57(80)66-44(26-2)59(82)68(18)34-50(75)69(19)46(30-36(5)6)56(79)67-45(29-35(3)4)60(83)70(20)47(31-37(7)8)55(78)64-42(16)54(77)65-43(17)58(81)71(21)48(32-38(9)10)61(84)72(22)49(33-39(11)12)62(85)73(23)51(40(13)14)63(86)74(52)24/h25,27,35-49,51-53,76H,26,28-34H2,1-24H3,(H,64,78)(H,65,77)(H,66,80)(H,67,79)/b27-25+/t41?,42-,43-,44-,45-,46-,47-,48-,49-,51-,52-,53?/m0/s1. The fraction of sp³-hybridized carbons (Fsp3) is 0.794. The lowest BCUT2D eigenvalue weighted by molar-refractivity contribution is -0.157. The third kappa shape index (κ3) is 22.2. The van der Waals surface area contributed by atoms with E-state index < -0.39 is 150 Å². The number of hydrogen-bond acceptors (Lipinski definition) is 12. The maximum absolute atomic E-state index is 15.1. The van der Waals surface area contributed by atoms with Crippen molar-refractivity contribution < 1.29 is 57.8 Å². The van der Waals surface area contributed by atoms with Gasteiger partial charge in [0, 0.05) is 49.3 Å². The van der Waals surface area contributed by atoms with Crippen LogP contribution in [0.25, 0.3) is 0 Å². The van der Waals surface area contributed by atoms with Crippen LogP contribution in [0.15, 0.2) is 12.2 Å². The molecule has 0 aliphatic carbocycles. The predicted molar refractivity (Wildman–Crippen MR) is 333 cm³/mol. The molecule has 1 aliphatic rings. The highest BCUT2D eigenvalue weighted by molar-refractivity contribution is 5.99. The Morgan fingerprint density at radius 3 is 1.29 bits per heavy atom. The molecule has 0 aromatic carbocycles. The predicted octanol–water partition coefficient (Wildman–Crippen LogP) is 3.66. The topological polar surface area (TPSA) is 279 Å². The van der Waals surface area contributed by atoms with Crippen LogP contribution in [0.3, 0.4) is 0 Å². The van der Waals surface area contributed by atoms with Crippen LogP contribution in [0, 0.1) is 41.4 Å². The summed E-state index contributed by atoms with van der Waals surface area (Å²) in [5.41, 5.74) is 0. The van der Waals surface area contributed by atoms with Gasteiger partial charge in [0.2, 0.25) is 65.0 Å². The number of likely N-dealkylation sites (N-methyl/N-ethyl adjacent to an activating group) is 7. The van der Waals surface area contributed by atoms with E-state index in [1.807, 2.05) is 75.3 Å². The summed E-state index contributed by atoms with van der Waals surface area (Å²) in [4.78, 5) is 169. The van der Waals surface area contributed by atoms with Gasteiger partial charge in [-0.3, -0.25) is 52.7 Å². The monoisotopic (exact) mass is 1220 g/mol. The summed E-state index contributed by atoms with van der Waals surface area (Å²) in [7, 11) is 9.94. The van der Waals surface area contributed by atoms with Gasteiger partial charge in [-0.25, -0.2) is 0 Å². The van der Waals surface area contributed by atoms with E-state index in [2.05, 4.69) is 21.3 Å². The van der Waals surface area contributed by atoms with Crippen molar-refractivity contribution in [3.05, 3.63) is 12.2 Å². The van der Waals surface area contributed by atoms with Crippen molar-refractivity contribution in [2.24, 2.45) is 41.4 Å². The Morgan fingerprint density at radius 1 is 0.442 bits per heavy atom. The molecule has 0 bridgehead atoms. The number of amides is 11. The zero-order chi connectivity index (χ0) is 66.7. The SMILES string of the molecule is C/C=C/CC(C)C(O)[C@H]1C(=O)N[C@@H](CC)C(=O)N(C)CC(=O)N(C)[C@@H](CC(C)C)C(=O)N[C@@H](CC(C)C)C(=O)N(C)[C@@H](CC(C)C)C(=O)N[C@@H](C)C(=O)N[C@@H](C)C(=O)N(C)[C@@H](CC(C)C)C(=O)N(C)[C@@H](CC(C)C)C(=O)N(C)[C@@H](C(C)C)C(=O)N1C. The molecule has 23 nitrogen and oxygen atoms in total. The Labute approximate surface area is 515 Å². The minimum Gasteiger partial charge on any atom is -0.390 e. The Balaban J connectivity index is 4.34. The van der Waals surface area contributed by atoms with Crippen LogP contribution in [-0.2, 0) is 52.7 Å². The number of aliphatic hydroxyl groups is 1. The van der Waals surface area contributed by atoms with Gasteiger partial charge in [-0.15, -0.1) is 0 Å². The fourth-order valence-corrected chi connectivity index (χ4v) is 10.9. The van der Waals surface area contributed by atoms with Crippen LogP contribution in [-0.4, -0.2) is 227 Å². The van der Waals surface area contributed by atoms with Crippen molar-refractivity contribution in [3.63, 3.8) is 0 Å². The molecule has 86 heavy (non-hydrogen) atoms. The highest BCUT2D eigenvalue weighted by Crippen LogP contribution is 2.26. The van der Waals surface area contributed by atoms with Gasteiger partial charge in [0.1, 0.15) is 60.4 Å². The molecule has 0 radical (unpaired) electrons. The summed E-state index contributed by atoms with van der Waals surface area (Å²) in [6.45, 7) is 29.7. The largest absolute Gasteiger partial charge is 0.390 e. The number of hydrogen-bond donors (Lipinski definition) is 5. The van der Waals surface area contributed by atoms with Gasteiger partial charge < -0.3 is 60.7 Å². The van der Waals surface area contributed by atoms with Crippen molar-refractivity contribution in [1.29, 1.82) is 0 Å². The second-order valence-electron chi connectivity index (χ2n) is 26.6.